The van der Waals surface area contributed by atoms with Crippen molar-refractivity contribution in [1.82, 2.24) is 9.80 Å². The number of rotatable bonds is 3. The fourth-order valence-electron chi connectivity index (χ4n) is 3.19. The number of nitrogens with zero attached hydrogens (tertiary/aromatic N) is 2. The quantitative estimate of drug-likeness (QED) is 0.857. The summed E-state index contributed by atoms with van der Waals surface area (Å²) < 4.78 is 12.9. The minimum absolute atomic E-state index is 0.0505. The van der Waals surface area contributed by atoms with Gasteiger partial charge in [0, 0.05) is 32.1 Å². The average Bonchev–Trinajstić information content (AvgIpc) is 2.74. The SMILES string of the molecule is O=C(Cc1ccc(F)cc1)N1CCCN(C(=O)C2CCC2)CC1. The Morgan fingerprint density at radius 1 is 0.957 bits per heavy atom. The maximum atomic E-state index is 12.9. The van der Waals surface area contributed by atoms with E-state index >= 15 is 0 Å². The van der Waals surface area contributed by atoms with Crippen LogP contribution in [0.3, 0.4) is 0 Å². The van der Waals surface area contributed by atoms with Crippen molar-refractivity contribution >= 4 is 11.8 Å². The van der Waals surface area contributed by atoms with Crippen LogP contribution >= 0.6 is 0 Å². The van der Waals surface area contributed by atoms with Gasteiger partial charge in [-0.05, 0) is 37.0 Å². The Labute approximate surface area is 136 Å². The highest BCUT2D eigenvalue weighted by molar-refractivity contribution is 5.80. The van der Waals surface area contributed by atoms with Gasteiger partial charge in [0.1, 0.15) is 5.82 Å². The summed E-state index contributed by atoms with van der Waals surface area (Å²) in [5.41, 5.74) is 0.822. The van der Waals surface area contributed by atoms with Gasteiger partial charge in [0.2, 0.25) is 11.8 Å². The number of hydrogen-bond acceptors (Lipinski definition) is 2. The van der Waals surface area contributed by atoms with Crippen LogP contribution in [0, 0.1) is 11.7 Å². The summed E-state index contributed by atoms with van der Waals surface area (Å²) in [6, 6.07) is 6.06. The van der Waals surface area contributed by atoms with Crippen LogP contribution in [0.25, 0.3) is 0 Å². The molecule has 1 aliphatic carbocycles. The monoisotopic (exact) mass is 318 g/mol. The lowest BCUT2D eigenvalue weighted by molar-refractivity contribution is -0.138. The van der Waals surface area contributed by atoms with Crippen molar-refractivity contribution in [3.05, 3.63) is 35.6 Å². The summed E-state index contributed by atoms with van der Waals surface area (Å²) in [5.74, 6) is 0.247. The maximum absolute atomic E-state index is 12.9. The van der Waals surface area contributed by atoms with Gasteiger partial charge in [-0.15, -0.1) is 0 Å². The highest BCUT2D eigenvalue weighted by atomic mass is 19.1. The topological polar surface area (TPSA) is 40.6 Å². The van der Waals surface area contributed by atoms with Gasteiger partial charge in [0.25, 0.3) is 0 Å². The Morgan fingerprint density at radius 2 is 1.61 bits per heavy atom. The summed E-state index contributed by atoms with van der Waals surface area (Å²) in [5, 5.41) is 0. The van der Waals surface area contributed by atoms with Gasteiger partial charge in [-0.1, -0.05) is 18.6 Å². The van der Waals surface area contributed by atoms with Gasteiger partial charge in [-0.2, -0.15) is 0 Å². The van der Waals surface area contributed by atoms with Crippen molar-refractivity contribution in [3.8, 4) is 0 Å². The van der Waals surface area contributed by atoms with Gasteiger partial charge in [0.05, 0.1) is 6.42 Å². The van der Waals surface area contributed by atoms with Gasteiger partial charge in [-0.25, -0.2) is 4.39 Å². The fraction of sp³-hybridized carbons (Fsp3) is 0.556. The van der Waals surface area contributed by atoms with E-state index in [0.717, 1.165) is 37.8 Å². The van der Waals surface area contributed by atoms with Crippen LogP contribution in [0.15, 0.2) is 24.3 Å². The van der Waals surface area contributed by atoms with E-state index in [2.05, 4.69) is 0 Å². The van der Waals surface area contributed by atoms with Crippen LogP contribution in [0.5, 0.6) is 0 Å². The maximum Gasteiger partial charge on any atom is 0.227 e. The summed E-state index contributed by atoms with van der Waals surface area (Å²) in [6.07, 6.45) is 4.31. The molecule has 4 nitrogen and oxygen atoms in total. The molecule has 2 amide bonds. The van der Waals surface area contributed by atoms with Crippen LogP contribution in [-0.4, -0.2) is 47.8 Å². The minimum atomic E-state index is -0.291. The number of amides is 2. The van der Waals surface area contributed by atoms with Crippen molar-refractivity contribution in [1.29, 1.82) is 0 Å². The first-order valence-corrected chi connectivity index (χ1v) is 8.44. The van der Waals surface area contributed by atoms with Crippen LogP contribution in [0.1, 0.15) is 31.2 Å². The van der Waals surface area contributed by atoms with Crippen molar-refractivity contribution in [2.45, 2.75) is 32.1 Å². The number of carbonyl (C=O) groups is 2. The van der Waals surface area contributed by atoms with Crippen LogP contribution < -0.4 is 0 Å². The molecule has 0 N–H and O–H groups in total. The summed E-state index contributed by atoms with van der Waals surface area (Å²) in [4.78, 5) is 28.5. The van der Waals surface area contributed by atoms with Crippen LogP contribution in [0.2, 0.25) is 0 Å². The van der Waals surface area contributed by atoms with Gasteiger partial charge in [-0.3, -0.25) is 9.59 Å². The van der Waals surface area contributed by atoms with Crippen molar-refractivity contribution in [2.75, 3.05) is 26.2 Å². The molecule has 3 rings (SSSR count). The van der Waals surface area contributed by atoms with E-state index in [1.54, 1.807) is 12.1 Å². The second-order valence-corrected chi connectivity index (χ2v) is 6.49. The highest BCUT2D eigenvalue weighted by Gasteiger charge is 2.30. The predicted molar refractivity (Wildman–Crippen MR) is 85.2 cm³/mol. The zero-order chi connectivity index (χ0) is 16.2. The first kappa shape index (κ1) is 16.0. The van der Waals surface area contributed by atoms with E-state index in [1.807, 2.05) is 9.80 Å². The molecule has 5 heteroatoms. The molecule has 2 fully saturated rings. The third kappa shape index (κ3) is 3.89. The molecule has 1 aromatic rings. The molecule has 1 aromatic carbocycles. The molecule has 0 atom stereocenters. The molecule has 0 radical (unpaired) electrons. The molecule has 124 valence electrons. The smallest absolute Gasteiger partial charge is 0.227 e. The highest BCUT2D eigenvalue weighted by Crippen LogP contribution is 2.28. The van der Waals surface area contributed by atoms with E-state index in [0.29, 0.717) is 19.6 Å². The lowest BCUT2D eigenvalue weighted by Gasteiger charge is -2.31. The van der Waals surface area contributed by atoms with E-state index in [-0.39, 0.29) is 30.0 Å². The average molecular weight is 318 g/mol. The fourth-order valence-corrected chi connectivity index (χ4v) is 3.19. The van der Waals surface area contributed by atoms with Crippen molar-refractivity contribution < 1.29 is 14.0 Å². The summed E-state index contributed by atoms with van der Waals surface area (Å²) >= 11 is 0. The van der Waals surface area contributed by atoms with E-state index in [9.17, 15) is 14.0 Å². The predicted octanol–water partition coefficient (Wildman–Crippen LogP) is 2.23. The zero-order valence-electron chi connectivity index (χ0n) is 13.3. The summed E-state index contributed by atoms with van der Waals surface area (Å²) in [7, 11) is 0. The van der Waals surface area contributed by atoms with Gasteiger partial charge < -0.3 is 9.80 Å². The van der Waals surface area contributed by atoms with Gasteiger partial charge in [0.15, 0.2) is 0 Å². The molecular formula is C18H23FN2O2. The first-order chi connectivity index (χ1) is 11.1. The lowest BCUT2D eigenvalue weighted by Crippen LogP contribution is -2.41. The number of halogens is 1. The van der Waals surface area contributed by atoms with Crippen LogP contribution in [0.4, 0.5) is 4.39 Å². The second-order valence-electron chi connectivity index (χ2n) is 6.49. The number of carbonyl (C=O) groups excluding carboxylic acids is 2. The molecule has 0 aromatic heterocycles. The molecule has 0 spiro atoms. The Bertz CT molecular complexity index is 569. The van der Waals surface area contributed by atoms with Crippen LogP contribution in [-0.2, 0) is 16.0 Å². The first-order valence-electron chi connectivity index (χ1n) is 8.44. The lowest BCUT2D eigenvalue weighted by atomic mass is 9.84. The third-order valence-electron chi connectivity index (χ3n) is 4.88. The summed E-state index contributed by atoms with van der Waals surface area (Å²) in [6.45, 7) is 2.66. The molecule has 1 saturated carbocycles. The Hall–Kier alpha value is -1.91. The Kier molecular flexibility index (Phi) is 4.94. The zero-order valence-corrected chi connectivity index (χ0v) is 13.3. The molecule has 2 aliphatic rings. The third-order valence-corrected chi connectivity index (χ3v) is 4.88. The van der Waals surface area contributed by atoms with E-state index in [1.165, 1.54) is 12.1 Å². The molecular weight excluding hydrogens is 295 g/mol. The largest absolute Gasteiger partial charge is 0.341 e. The molecule has 0 bridgehead atoms. The van der Waals surface area contributed by atoms with E-state index < -0.39 is 0 Å². The number of hydrogen-bond donors (Lipinski definition) is 0. The van der Waals surface area contributed by atoms with Gasteiger partial charge >= 0.3 is 0 Å². The van der Waals surface area contributed by atoms with Crippen molar-refractivity contribution in [2.24, 2.45) is 5.92 Å². The second kappa shape index (κ2) is 7.11. The Morgan fingerprint density at radius 3 is 2.26 bits per heavy atom. The number of benzene rings is 1. The molecule has 1 saturated heterocycles. The molecule has 1 aliphatic heterocycles. The standard InChI is InChI=1S/C18H23FN2O2/c19-16-7-5-14(6-8-16)13-17(22)20-9-2-10-21(12-11-20)18(23)15-3-1-4-15/h5-8,15H,1-4,9-13H2. The minimum Gasteiger partial charge on any atom is -0.341 e. The molecule has 23 heavy (non-hydrogen) atoms. The normalized spacial score (nSPS) is 19.2. The Balaban J connectivity index is 1.53. The molecule has 1 heterocycles. The van der Waals surface area contributed by atoms with Crippen molar-refractivity contribution in [3.63, 3.8) is 0 Å². The molecule has 0 unspecified atom stereocenters. The van der Waals surface area contributed by atoms with E-state index in [4.69, 9.17) is 0 Å².